The summed E-state index contributed by atoms with van der Waals surface area (Å²) >= 11 is 1.43. The summed E-state index contributed by atoms with van der Waals surface area (Å²) in [6.45, 7) is 3.29. The fourth-order valence-corrected chi connectivity index (χ4v) is 4.42. The van der Waals surface area contributed by atoms with Crippen LogP contribution in [0.4, 0.5) is 8.78 Å². The van der Waals surface area contributed by atoms with E-state index in [0.717, 1.165) is 44.6 Å². The summed E-state index contributed by atoms with van der Waals surface area (Å²) in [5.41, 5.74) is 1.03. The van der Waals surface area contributed by atoms with Crippen LogP contribution in [0.25, 0.3) is 0 Å². The molecule has 1 aromatic heterocycles. The number of fused-ring (bicyclic) bond motifs is 1. The van der Waals surface area contributed by atoms with Crippen molar-refractivity contribution in [2.45, 2.75) is 64.3 Å². The third-order valence-electron chi connectivity index (χ3n) is 4.81. The normalized spacial score (nSPS) is 18.9. The van der Waals surface area contributed by atoms with Crippen LogP contribution in [0.15, 0.2) is 0 Å². The van der Waals surface area contributed by atoms with Crippen molar-refractivity contribution in [2.75, 3.05) is 19.7 Å². The fourth-order valence-electron chi connectivity index (χ4n) is 3.51. The van der Waals surface area contributed by atoms with Crippen molar-refractivity contribution in [1.82, 2.24) is 9.88 Å². The molecule has 6 heteroatoms. The predicted octanol–water partition coefficient (Wildman–Crippen LogP) is 4.76. The van der Waals surface area contributed by atoms with Gasteiger partial charge >= 0.3 is 0 Å². The van der Waals surface area contributed by atoms with E-state index in [-0.39, 0.29) is 0 Å². The van der Waals surface area contributed by atoms with Crippen LogP contribution in [0.2, 0.25) is 0 Å². The highest BCUT2D eigenvalue weighted by molar-refractivity contribution is 7.13. The van der Waals surface area contributed by atoms with Gasteiger partial charge in [0.25, 0.3) is 11.1 Å². The lowest BCUT2D eigenvalue weighted by molar-refractivity contribution is -0.0230. The lowest BCUT2D eigenvalue weighted by Gasteiger charge is -2.29. The lowest BCUT2D eigenvalue weighted by Crippen LogP contribution is -2.32. The molecule has 1 fully saturated rings. The first-order valence-electron chi connectivity index (χ1n) is 9.04. The third-order valence-corrected chi connectivity index (χ3v) is 5.88. The SMILES string of the molecule is C#C.CC(F)(F)COc1nc2c(s1)CCN(CCC1CCCCC1)C2. The Morgan fingerprint density at radius 1 is 1.28 bits per heavy atom. The van der Waals surface area contributed by atoms with E-state index in [2.05, 4.69) is 22.7 Å². The molecule has 0 N–H and O–H groups in total. The van der Waals surface area contributed by atoms with Crippen LogP contribution in [-0.2, 0) is 13.0 Å². The van der Waals surface area contributed by atoms with Crippen LogP contribution in [0.3, 0.4) is 0 Å². The Hall–Kier alpha value is -1.19. The minimum absolute atomic E-state index is 0.394. The van der Waals surface area contributed by atoms with E-state index in [9.17, 15) is 8.78 Å². The summed E-state index contributed by atoms with van der Waals surface area (Å²) in [4.78, 5) is 8.08. The monoisotopic (exact) mass is 370 g/mol. The van der Waals surface area contributed by atoms with Gasteiger partial charge in [-0.3, -0.25) is 4.90 Å². The highest BCUT2D eigenvalue weighted by Gasteiger charge is 2.25. The van der Waals surface area contributed by atoms with Crippen molar-refractivity contribution in [3.8, 4) is 18.0 Å². The zero-order chi connectivity index (χ0) is 18.3. The zero-order valence-electron chi connectivity index (χ0n) is 15.0. The molecule has 3 rings (SSSR count). The van der Waals surface area contributed by atoms with Crippen molar-refractivity contribution in [3.05, 3.63) is 10.6 Å². The maximum atomic E-state index is 12.9. The van der Waals surface area contributed by atoms with Crippen molar-refractivity contribution in [2.24, 2.45) is 5.92 Å². The van der Waals surface area contributed by atoms with Gasteiger partial charge in [0.2, 0.25) is 0 Å². The van der Waals surface area contributed by atoms with E-state index in [1.54, 1.807) is 0 Å². The van der Waals surface area contributed by atoms with Crippen LogP contribution in [0.1, 0.15) is 56.0 Å². The number of hydrogen-bond donors (Lipinski definition) is 0. The molecule has 1 aromatic rings. The van der Waals surface area contributed by atoms with Crippen molar-refractivity contribution >= 4 is 11.3 Å². The van der Waals surface area contributed by atoms with Gasteiger partial charge in [0.1, 0.15) is 0 Å². The number of rotatable bonds is 6. The van der Waals surface area contributed by atoms with Crippen LogP contribution in [0.5, 0.6) is 5.19 Å². The van der Waals surface area contributed by atoms with Gasteiger partial charge in [0, 0.05) is 24.9 Å². The van der Waals surface area contributed by atoms with Gasteiger partial charge in [0.05, 0.1) is 5.69 Å². The molecule has 3 nitrogen and oxygen atoms in total. The minimum atomic E-state index is -2.81. The van der Waals surface area contributed by atoms with Gasteiger partial charge in [-0.2, -0.15) is 0 Å². The summed E-state index contributed by atoms with van der Waals surface area (Å²) in [6, 6.07) is 0. The molecule has 0 radical (unpaired) electrons. The molecule has 2 aliphatic rings. The molecule has 0 unspecified atom stereocenters. The Balaban J connectivity index is 0.00000109. The molecule has 0 saturated heterocycles. The lowest BCUT2D eigenvalue weighted by atomic mass is 9.87. The minimum Gasteiger partial charge on any atom is -0.464 e. The smallest absolute Gasteiger partial charge is 0.278 e. The van der Waals surface area contributed by atoms with E-state index in [4.69, 9.17) is 4.74 Å². The molecule has 0 spiro atoms. The molecular formula is C19H28F2N2OS. The first-order valence-corrected chi connectivity index (χ1v) is 9.86. The van der Waals surface area contributed by atoms with Gasteiger partial charge in [-0.1, -0.05) is 43.4 Å². The Bertz CT molecular complexity index is 547. The molecule has 2 heterocycles. The van der Waals surface area contributed by atoms with Gasteiger partial charge in [-0.15, -0.1) is 12.8 Å². The van der Waals surface area contributed by atoms with E-state index < -0.39 is 12.5 Å². The summed E-state index contributed by atoms with van der Waals surface area (Å²) < 4.78 is 30.9. The molecule has 140 valence electrons. The first kappa shape index (κ1) is 20.1. The number of alkyl halides is 2. The number of hydrogen-bond acceptors (Lipinski definition) is 4. The van der Waals surface area contributed by atoms with Crippen LogP contribution in [0, 0.1) is 18.8 Å². The maximum Gasteiger partial charge on any atom is 0.278 e. The van der Waals surface area contributed by atoms with Gasteiger partial charge < -0.3 is 4.74 Å². The second-order valence-corrected chi connectivity index (χ2v) is 8.07. The number of terminal acetylenes is 1. The standard InChI is InChI=1S/C17H26F2N2OS.C2H2/c1-17(18,19)12-22-16-20-14-11-21(10-8-15(14)23-16)9-7-13-5-3-2-4-6-13;1-2/h13H,2-12H2,1H3;1-2H. The highest BCUT2D eigenvalue weighted by Crippen LogP contribution is 2.31. The van der Waals surface area contributed by atoms with Gasteiger partial charge in [-0.25, -0.2) is 13.8 Å². The molecule has 1 aliphatic heterocycles. The number of nitrogens with zero attached hydrogens (tertiary/aromatic N) is 2. The Morgan fingerprint density at radius 2 is 2.00 bits per heavy atom. The van der Waals surface area contributed by atoms with E-state index in [1.807, 2.05) is 0 Å². The van der Waals surface area contributed by atoms with Crippen LogP contribution >= 0.6 is 11.3 Å². The summed E-state index contributed by atoms with van der Waals surface area (Å²) in [5, 5.41) is 0.394. The van der Waals surface area contributed by atoms with Crippen LogP contribution < -0.4 is 4.74 Å². The summed E-state index contributed by atoms with van der Waals surface area (Å²) in [7, 11) is 0. The van der Waals surface area contributed by atoms with Crippen LogP contribution in [-0.4, -0.2) is 35.5 Å². The number of aromatic nitrogens is 1. The molecule has 0 amide bonds. The number of ether oxygens (including phenoxy) is 1. The maximum absolute atomic E-state index is 12.9. The van der Waals surface area contributed by atoms with Crippen molar-refractivity contribution in [1.29, 1.82) is 0 Å². The fraction of sp³-hybridized carbons (Fsp3) is 0.737. The molecule has 25 heavy (non-hydrogen) atoms. The Kier molecular flexibility index (Phi) is 7.64. The number of halogens is 2. The second-order valence-electron chi connectivity index (χ2n) is 7.03. The van der Waals surface area contributed by atoms with E-state index >= 15 is 0 Å². The van der Waals surface area contributed by atoms with Gasteiger partial charge in [-0.05, 0) is 25.3 Å². The highest BCUT2D eigenvalue weighted by atomic mass is 32.1. The Morgan fingerprint density at radius 3 is 2.68 bits per heavy atom. The molecule has 0 atom stereocenters. The topological polar surface area (TPSA) is 25.4 Å². The largest absolute Gasteiger partial charge is 0.464 e. The summed E-state index contributed by atoms with van der Waals surface area (Å²) in [5.74, 6) is -1.91. The van der Waals surface area contributed by atoms with Crippen molar-refractivity contribution < 1.29 is 13.5 Å². The molecule has 1 saturated carbocycles. The molecule has 1 aliphatic carbocycles. The predicted molar refractivity (Wildman–Crippen MR) is 98.3 cm³/mol. The average molecular weight is 371 g/mol. The van der Waals surface area contributed by atoms with E-state index in [0.29, 0.717) is 5.19 Å². The third kappa shape index (κ3) is 6.56. The second kappa shape index (κ2) is 9.49. The quantitative estimate of drug-likeness (QED) is 0.676. The average Bonchev–Trinajstić information content (AvgIpc) is 3.02. The Labute approximate surface area is 153 Å². The van der Waals surface area contributed by atoms with Crippen molar-refractivity contribution in [3.63, 3.8) is 0 Å². The molecule has 0 aromatic carbocycles. The van der Waals surface area contributed by atoms with Gasteiger partial charge in [0.15, 0.2) is 6.61 Å². The first-order chi connectivity index (χ1) is 12.0. The molecular weight excluding hydrogens is 342 g/mol. The van der Waals surface area contributed by atoms with E-state index in [1.165, 1.54) is 54.7 Å². The number of thiazole rings is 1. The molecule has 0 bridgehead atoms. The summed E-state index contributed by atoms with van der Waals surface area (Å²) in [6.07, 6.45) is 17.2. The zero-order valence-corrected chi connectivity index (χ0v) is 15.8.